The number of aromatic amines is 1. The molecule has 0 aromatic carbocycles. The van der Waals surface area contributed by atoms with Gasteiger partial charge in [-0.3, -0.25) is 4.79 Å². The molecule has 27 heavy (non-hydrogen) atoms. The Morgan fingerprint density at radius 2 is 2.26 bits per heavy atom. The van der Waals surface area contributed by atoms with Crippen LogP contribution >= 0.6 is 11.3 Å². The first-order chi connectivity index (χ1) is 12.7. The van der Waals surface area contributed by atoms with E-state index in [1.165, 1.54) is 11.3 Å². The number of nitrogens with zero attached hydrogens (tertiary/aromatic N) is 2. The highest BCUT2D eigenvalue weighted by Crippen LogP contribution is 2.36. The van der Waals surface area contributed by atoms with Crippen molar-refractivity contribution in [3.8, 4) is 10.4 Å². The van der Waals surface area contributed by atoms with E-state index in [1.54, 1.807) is 33.2 Å². The number of ether oxygens (including phenoxy) is 2. The minimum Gasteiger partial charge on any atom is -0.442 e. The Kier molecular flexibility index (Phi) is 4.17. The summed E-state index contributed by atoms with van der Waals surface area (Å²) in [6, 6.07) is 1.87. The average Bonchev–Trinajstić information content (AvgIpc) is 3.21. The Morgan fingerprint density at radius 3 is 3.00 bits per heavy atom. The Balaban J connectivity index is 1.75. The highest BCUT2D eigenvalue weighted by molar-refractivity contribution is 7.22. The number of aliphatic hydroxyl groups excluding tert-OH is 1. The van der Waals surface area contributed by atoms with Crippen LogP contribution in [0.4, 0.5) is 4.79 Å². The molecule has 0 bridgehead atoms. The third-order valence-electron chi connectivity index (χ3n) is 4.14. The molecule has 1 unspecified atom stereocenters. The third kappa shape index (κ3) is 3.29. The fourth-order valence-corrected chi connectivity index (χ4v) is 4.04. The number of aromatic nitrogens is 3. The molecule has 8 nitrogen and oxygen atoms in total. The molecule has 3 aromatic heterocycles. The van der Waals surface area contributed by atoms with Crippen LogP contribution in [0.25, 0.3) is 20.5 Å². The Morgan fingerprint density at radius 1 is 1.48 bits per heavy atom. The maximum Gasteiger partial charge on any atom is 0.435 e. The van der Waals surface area contributed by atoms with Crippen LogP contribution in [0.15, 0.2) is 23.3 Å². The third-order valence-corrected chi connectivity index (χ3v) is 5.32. The molecule has 1 aliphatic heterocycles. The van der Waals surface area contributed by atoms with Crippen LogP contribution in [0.3, 0.4) is 0 Å². The van der Waals surface area contributed by atoms with Gasteiger partial charge in [-0.25, -0.2) is 4.79 Å². The molecule has 0 radical (unpaired) electrons. The minimum atomic E-state index is -0.843. The summed E-state index contributed by atoms with van der Waals surface area (Å²) >= 11 is 1.30. The van der Waals surface area contributed by atoms with E-state index >= 15 is 0 Å². The summed E-state index contributed by atoms with van der Waals surface area (Å²) in [7, 11) is 0. The molecule has 1 aliphatic rings. The van der Waals surface area contributed by atoms with Gasteiger partial charge in [-0.15, -0.1) is 11.3 Å². The van der Waals surface area contributed by atoms with E-state index in [1.807, 2.05) is 6.07 Å². The van der Waals surface area contributed by atoms with Crippen molar-refractivity contribution in [2.75, 3.05) is 6.61 Å². The van der Waals surface area contributed by atoms with Gasteiger partial charge in [0.15, 0.2) is 0 Å². The minimum absolute atomic E-state index is 0.161. The van der Waals surface area contributed by atoms with Crippen LogP contribution in [0.1, 0.15) is 38.1 Å². The van der Waals surface area contributed by atoms with Gasteiger partial charge in [0.2, 0.25) is 0 Å². The summed E-state index contributed by atoms with van der Waals surface area (Å²) in [6.07, 6.45) is 1.72. The summed E-state index contributed by atoms with van der Waals surface area (Å²) in [5.74, 6) is 0. The summed E-state index contributed by atoms with van der Waals surface area (Å²) in [5.41, 5.74) is 1.12. The van der Waals surface area contributed by atoms with Gasteiger partial charge in [0, 0.05) is 27.6 Å². The molecule has 2 N–H and O–H groups in total. The van der Waals surface area contributed by atoms with Crippen molar-refractivity contribution in [3.63, 3.8) is 0 Å². The fraction of sp³-hybridized carbons (Fsp3) is 0.389. The molecule has 0 amide bonds. The Bertz CT molecular complexity index is 1090. The predicted molar refractivity (Wildman–Crippen MR) is 99.9 cm³/mol. The van der Waals surface area contributed by atoms with Crippen LogP contribution in [0.2, 0.25) is 0 Å². The monoisotopic (exact) mass is 389 g/mol. The number of thiophene rings is 1. The van der Waals surface area contributed by atoms with E-state index in [0.29, 0.717) is 22.6 Å². The van der Waals surface area contributed by atoms with Gasteiger partial charge in [-0.2, -0.15) is 9.78 Å². The molecule has 0 saturated heterocycles. The second kappa shape index (κ2) is 6.29. The van der Waals surface area contributed by atoms with Crippen LogP contribution in [0, 0.1) is 0 Å². The SMILES string of the molecule is CC(C)(C)OC(=O)n1cc(-c2cc3c4c([nH]c(=O)c3s2)C(O)COC4)cn1. The summed E-state index contributed by atoms with van der Waals surface area (Å²) in [6.45, 7) is 5.84. The fourth-order valence-electron chi connectivity index (χ4n) is 2.98. The lowest BCUT2D eigenvalue weighted by molar-refractivity contribution is 0.00764. The normalized spacial score (nSPS) is 17.1. The molecular weight excluding hydrogens is 370 g/mol. The van der Waals surface area contributed by atoms with Crippen molar-refractivity contribution < 1.29 is 19.4 Å². The lowest BCUT2D eigenvalue weighted by Crippen LogP contribution is -2.27. The average molecular weight is 389 g/mol. The van der Waals surface area contributed by atoms with Gasteiger partial charge < -0.3 is 19.6 Å². The van der Waals surface area contributed by atoms with E-state index in [4.69, 9.17) is 9.47 Å². The van der Waals surface area contributed by atoms with Gasteiger partial charge >= 0.3 is 6.09 Å². The molecular formula is C18H19N3O5S. The summed E-state index contributed by atoms with van der Waals surface area (Å²) in [4.78, 5) is 28.1. The van der Waals surface area contributed by atoms with Crippen LogP contribution in [-0.4, -0.2) is 38.2 Å². The number of hydrogen-bond donors (Lipinski definition) is 2. The predicted octanol–water partition coefficient (Wildman–Crippen LogP) is 2.80. The van der Waals surface area contributed by atoms with Gasteiger partial charge in [0.05, 0.1) is 25.1 Å². The zero-order valence-corrected chi connectivity index (χ0v) is 15.9. The highest BCUT2D eigenvalue weighted by Gasteiger charge is 2.25. The van der Waals surface area contributed by atoms with E-state index < -0.39 is 17.8 Å². The first-order valence-corrected chi connectivity index (χ1v) is 9.27. The number of H-pyrrole nitrogens is 1. The van der Waals surface area contributed by atoms with Crippen molar-refractivity contribution >= 4 is 27.5 Å². The largest absolute Gasteiger partial charge is 0.442 e. The maximum atomic E-state index is 12.4. The number of hydrogen-bond acceptors (Lipinski definition) is 7. The van der Waals surface area contributed by atoms with E-state index in [2.05, 4.69) is 10.1 Å². The van der Waals surface area contributed by atoms with Crippen LogP contribution < -0.4 is 5.56 Å². The molecule has 3 aromatic rings. The zero-order chi connectivity index (χ0) is 19.3. The van der Waals surface area contributed by atoms with Crippen molar-refractivity contribution in [1.82, 2.24) is 14.8 Å². The number of aliphatic hydroxyl groups is 1. The molecule has 0 fully saturated rings. The molecule has 142 valence electrons. The highest BCUT2D eigenvalue weighted by atomic mass is 32.1. The second-order valence-corrected chi connectivity index (χ2v) is 8.44. The molecule has 0 spiro atoms. The van der Waals surface area contributed by atoms with E-state index in [-0.39, 0.29) is 12.2 Å². The van der Waals surface area contributed by atoms with E-state index in [0.717, 1.165) is 20.5 Å². The number of pyridine rings is 1. The molecule has 0 aliphatic carbocycles. The van der Waals surface area contributed by atoms with Crippen molar-refractivity contribution in [2.24, 2.45) is 0 Å². The van der Waals surface area contributed by atoms with E-state index in [9.17, 15) is 14.7 Å². The first kappa shape index (κ1) is 17.9. The Labute approximate surface area is 158 Å². The number of carbonyl (C=O) groups is 1. The topological polar surface area (TPSA) is 106 Å². The summed E-state index contributed by atoms with van der Waals surface area (Å²) < 4.78 is 12.4. The molecule has 0 saturated carbocycles. The van der Waals surface area contributed by atoms with Crippen LogP contribution in [-0.2, 0) is 16.1 Å². The lowest BCUT2D eigenvalue weighted by Gasteiger charge is -2.21. The number of nitrogens with one attached hydrogen (secondary N) is 1. The summed E-state index contributed by atoms with van der Waals surface area (Å²) in [5, 5.41) is 14.9. The molecule has 4 heterocycles. The van der Waals surface area contributed by atoms with Crippen molar-refractivity contribution in [2.45, 2.75) is 39.1 Å². The molecule has 9 heteroatoms. The zero-order valence-electron chi connectivity index (χ0n) is 15.1. The van der Waals surface area contributed by atoms with Crippen molar-refractivity contribution in [3.05, 3.63) is 40.1 Å². The Hall–Kier alpha value is -2.49. The quantitative estimate of drug-likeness (QED) is 0.663. The number of fused-ring (bicyclic) bond motifs is 3. The lowest BCUT2D eigenvalue weighted by atomic mass is 10.0. The molecule has 4 rings (SSSR count). The van der Waals surface area contributed by atoms with Gasteiger partial charge in [0.1, 0.15) is 16.4 Å². The smallest absolute Gasteiger partial charge is 0.435 e. The first-order valence-electron chi connectivity index (χ1n) is 8.46. The van der Waals surface area contributed by atoms with Gasteiger partial charge in [-0.1, -0.05) is 0 Å². The van der Waals surface area contributed by atoms with Crippen LogP contribution in [0.5, 0.6) is 0 Å². The number of carbonyl (C=O) groups excluding carboxylic acids is 1. The van der Waals surface area contributed by atoms with Gasteiger partial charge in [-0.05, 0) is 26.8 Å². The molecule has 1 atom stereocenters. The maximum absolute atomic E-state index is 12.4. The number of rotatable bonds is 1. The van der Waals surface area contributed by atoms with Gasteiger partial charge in [0.25, 0.3) is 5.56 Å². The standard InChI is InChI=1S/C18H19N3O5S/c1-18(2,3)26-17(24)21-6-9(5-19-21)13-4-10-11-7-25-8-12(22)14(11)20-16(23)15(10)27-13/h4-6,12,22H,7-8H2,1-3H3,(H,20,23). The van der Waals surface area contributed by atoms with Crippen molar-refractivity contribution in [1.29, 1.82) is 0 Å². The second-order valence-electron chi connectivity index (χ2n) is 7.38.